The molecule has 5 aliphatic rings. The van der Waals surface area contributed by atoms with E-state index in [-0.39, 0.29) is 37.4 Å². The zero-order chi connectivity index (χ0) is 19.0. The Hall–Kier alpha value is 0.360. The van der Waals surface area contributed by atoms with Gasteiger partial charge in [0.1, 0.15) is 12.1 Å². The van der Waals surface area contributed by atoms with Crippen LogP contribution >= 0.6 is 34.3 Å². The number of hydrogen-bond acceptors (Lipinski definition) is 3. The minimum absolute atomic E-state index is 0.132. The van der Waals surface area contributed by atoms with Crippen LogP contribution in [0, 0.1) is 38.9 Å². The van der Waals surface area contributed by atoms with Crippen LogP contribution < -0.4 is 0 Å². The average molecular weight is 408 g/mol. The molecule has 6 heteroatoms. The molecule has 2 nitrogen and oxygen atoms in total. The van der Waals surface area contributed by atoms with Crippen molar-refractivity contribution in [2.45, 2.75) is 76.3 Å². The monoisotopic (exact) mass is 408 g/mol. The molecule has 0 aliphatic carbocycles. The van der Waals surface area contributed by atoms with E-state index in [1.165, 1.54) is 0 Å². The minimum Gasteiger partial charge on any atom is -0.192 e. The van der Waals surface area contributed by atoms with Crippen LogP contribution in [0.25, 0.3) is 0 Å². The molecule has 4 fully saturated rings. The summed E-state index contributed by atoms with van der Waals surface area (Å²) in [7, 11) is -1.38. The van der Waals surface area contributed by atoms with Crippen LogP contribution in [0.5, 0.6) is 0 Å². The molecule has 0 aromatic heterocycles. The first-order chi connectivity index (χ1) is 11.2. The second-order valence-electron chi connectivity index (χ2n) is 10.7. The molecule has 4 atom stereocenters. The van der Waals surface area contributed by atoms with Gasteiger partial charge in [-0.2, -0.15) is 10.5 Å². The molecule has 5 aliphatic heterocycles. The van der Waals surface area contributed by atoms with Crippen LogP contribution in [0.4, 0.5) is 0 Å². The first-order valence-electron chi connectivity index (χ1n) is 8.87. The van der Waals surface area contributed by atoms with Gasteiger partial charge in [0.15, 0.2) is 0 Å². The van der Waals surface area contributed by atoms with Gasteiger partial charge in [-0.3, -0.25) is 0 Å². The van der Waals surface area contributed by atoms with Gasteiger partial charge in [-0.15, -0.1) is 11.4 Å². The molecule has 134 valence electrons. The molecule has 0 N–H and O–H groups in total. The number of nitrogens with zero attached hydrogens (tertiary/aromatic N) is 2. The molecule has 25 heavy (non-hydrogen) atoms. The number of allylic oxidation sites excluding steroid dienone is 2. The molecule has 0 aromatic carbocycles. The molecule has 4 unspecified atom stereocenters. The maximum absolute atomic E-state index is 10.1. The van der Waals surface area contributed by atoms with E-state index >= 15 is 0 Å². The Bertz CT molecular complexity index is 758. The molecule has 0 radical (unpaired) electrons. The lowest BCUT2D eigenvalue weighted by Gasteiger charge is -2.43. The van der Waals surface area contributed by atoms with E-state index in [2.05, 4.69) is 85.8 Å². The molecule has 6 bridgehead atoms. The molecule has 0 aromatic rings. The van der Waals surface area contributed by atoms with Gasteiger partial charge in [0.05, 0.1) is 14.9 Å². The van der Waals surface area contributed by atoms with Gasteiger partial charge in [-0.25, -0.2) is 0 Å². The average Bonchev–Trinajstić information content (AvgIpc) is 2.76. The zero-order valence-corrected chi connectivity index (χ0v) is 20.1. The van der Waals surface area contributed by atoms with Gasteiger partial charge >= 0.3 is 0 Å². The van der Waals surface area contributed by atoms with Crippen LogP contribution in [0.2, 0.25) is 0 Å². The molecular weight excluding hydrogens is 381 g/mol. The van der Waals surface area contributed by atoms with Crippen LogP contribution in [-0.4, -0.2) is 14.0 Å². The van der Waals surface area contributed by atoms with Crippen molar-refractivity contribution < 1.29 is 0 Å². The highest BCUT2D eigenvalue weighted by atomic mass is 32.7. The number of nitriles is 2. The van der Waals surface area contributed by atoms with Gasteiger partial charge < -0.3 is 0 Å². The SMILES string of the molecule is CC(C)(C)C12SP3C4(C(C)(C)C)P1C(C#N)=C(C#N)P2C34C(C)(C)C. The predicted molar refractivity (Wildman–Crippen MR) is 113 cm³/mol. The highest BCUT2D eigenvalue weighted by Gasteiger charge is 3.05. The Morgan fingerprint density at radius 3 is 1.32 bits per heavy atom. The maximum Gasteiger partial charge on any atom is 0.101 e. The normalized spacial score (nSPS) is 47.1. The highest BCUT2D eigenvalue weighted by molar-refractivity contribution is 8.72. The summed E-state index contributed by atoms with van der Waals surface area (Å²) in [6, 6.07) is 5.14. The summed E-state index contributed by atoms with van der Waals surface area (Å²) in [5.74, 6) is 0. The van der Waals surface area contributed by atoms with E-state index < -0.39 is 15.8 Å². The van der Waals surface area contributed by atoms with Crippen molar-refractivity contribution in [1.82, 2.24) is 0 Å². The second-order valence-corrected chi connectivity index (χ2v) is 21.6. The fourth-order valence-electron chi connectivity index (χ4n) is 5.86. The first kappa shape index (κ1) is 18.7. The summed E-state index contributed by atoms with van der Waals surface area (Å²) in [6.45, 7) is 21.6. The van der Waals surface area contributed by atoms with Crippen molar-refractivity contribution in [3.05, 3.63) is 10.6 Å². The van der Waals surface area contributed by atoms with Crippen molar-refractivity contribution >= 4 is 34.3 Å². The third kappa shape index (κ3) is 1.46. The van der Waals surface area contributed by atoms with Crippen LogP contribution in [-0.2, 0) is 0 Å². The molecule has 0 saturated carbocycles. The van der Waals surface area contributed by atoms with Gasteiger partial charge in [-0.05, 0) is 39.2 Å². The Morgan fingerprint density at radius 2 is 1.08 bits per heavy atom. The largest absolute Gasteiger partial charge is 0.192 e. The van der Waals surface area contributed by atoms with Crippen molar-refractivity contribution in [1.29, 1.82) is 10.5 Å². The Kier molecular flexibility index (Phi) is 3.37. The van der Waals surface area contributed by atoms with E-state index in [4.69, 9.17) is 0 Å². The summed E-state index contributed by atoms with van der Waals surface area (Å²) in [6.07, 6.45) is 0. The smallest absolute Gasteiger partial charge is 0.101 e. The van der Waals surface area contributed by atoms with Crippen molar-refractivity contribution in [2.75, 3.05) is 0 Å². The molecule has 5 rings (SSSR count). The van der Waals surface area contributed by atoms with E-state index in [1.807, 2.05) is 0 Å². The summed E-state index contributed by atoms with van der Waals surface area (Å²) in [5.41, 5.74) is 0.516. The highest BCUT2D eigenvalue weighted by Crippen LogP contribution is 3.31. The third-order valence-electron chi connectivity index (χ3n) is 6.45. The van der Waals surface area contributed by atoms with E-state index in [1.54, 1.807) is 0 Å². The molecule has 4 saturated heterocycles. The fourth-order valence-corrected chi connectivity index (χ4v) is 38.0. The Labute approximate surface area is 160 Å². The lowest BCUT2D eigenvalue weighted by Crippen LogP contribution is -2.41. The number of hydrogen-bond donors (Lipinski definition) is 0. The summed E-state index contributed by atoms with van der Waals surface area (Å²) >= 11 is 2.27. The maximum atomic E-state index is 10.1. The lowest BCUT2D eigenvalue weighted by molar-refractivity contribution is 0.294. The molecule has 0 amide bonds. The van der Waals surface area contributed by atoms with Gasteiger partial charge in [-0.1, -0.05) is 62.3 Å². The Balaban J connectivity index is 2.13. The zero-order valence-electron chi connectivity index (χ0n) is 16.6. The lowest BCUT2D eigenvalue weighted by atomic mass is 9.80. The van der Waals surface area contributed by atoms with Crippen molar-refractivity contribution in [3.8, 4) is 12.1 Å². The summed E-state index contributed by atoms with van der Waals surface area (Å²) < 4.78 is 0.153. The molecule has 0 spiro atoms. The standard InChI is InChI=1S/C19H27N2P3S/c1-14(2,3)17-18(15(4,5)6)23-13(11-21)12(10-20)22(17)19(23,16(7,8)9)25-24(17)18/h1-9H3. The quantitative estimate of drug-likeness (QED) is 0.388. The van der Waals surface area contributed by atoms with Crippen molar-refractivity contribution in [3.63, 3.8) is 0 Å². The van der Waals surface area contributed by atoms with Crippen molar-refractivity contribution in [2.24, 2.45) is 16.2 Å². The van der Waals surface area contributed by atoms with Crippen LogP contribution in [0.15, 0.2) is 10.6 Å². The summed E-state index contributed by atoms with van der Waals surface area (Å²) in [4.78, 5) is 0.579. The first-order valence-corrected chi connectivity index (χ1v) is 14.3. The van der Waals surface area contributed by atoms with E-state index in [0.717, 1.165) is 10.6 Å². The van der Waals surface area contributed by atoms with E-state index in [0.29, 0.717) is 0 Å². The second kappa shape index (κ2) is 4.50. The predicted octanol–water partition coefficient (Wildman–Crippen LogP) is 7.58. The Morgan fingerprint density at radius 1 is 0.720 bits per heavy atom. The van der Waals surface area contributed by atoms with Crippen LogP contribution in [0.1, 0.15) is 62.3 Å². The summed E-state index contributed by atoms with van der Waals surface area (Å²) in [5, 5.41) is 22.0. The molecular formula is C19H27N2P3S. The van der Waals surface area contributed by atoms with E-state index in [9.17, 15) is 10.5 Å². The van der Waals surface area contributed by atoms with Crippen LogP contribution in [0.3, 0.4) is 0 Å². The fraction of sp³-hybridized carbons (Fsp3) is 0.789. The van der Waals surface area contributed by atoms with Gasteiger partial charge in [0.25, 0.3) is 0 Å². The third-order valence-corrected chi connectivity index (χ3v) is 28.5. The molecule has 5 heterocycles. The topological polar surface area (TPSA) is 47.6 Å². The van der Waals surface area contributed by atoms with Gasteiger partial charge in [0, 0.05) is 9.79 Å². The minimum atomic E-state index is -0.593. The van der Waals surface area contributed by atoms with Gasteiger partial charge in [0.2, 0.25) is 0 Å². The number of rotatable bonds is 0.